The van der Waals surface area contributed by atoms with E-state index in [0.717, 1.165) is 13.1 Å². The Morgan fingerprint density at radius 2 is 1.74 bits per heavy atom. The van der Waals surface area contributed by atoms with Crippen molar-refractivity contribution in [1.29, 1.82) is 0 Å². The minimum atomic E-state index is -3.60. The third kappa shape index (κ3) is 3.64. The Hall–Kier alpha value is -0.860. The maximum absolute atomic E-state index is 12.6. The number of nitrogens with zero attached hydrogens (tertiary/aromatic N) is 2. The molecule has 2 fully saturated rings. The molecule has 0 spiro atoms. The van der Waals surface area contributed by atoms with E-state index in [-0.39, 0.29) is 34.2 Å². The Kier molecular flexibility index (Phi) is 5.91. The molecule has 1 aromatic carbocycles. The first-order chi connectivity index (χ1) is 10.5. The Labute approximate surface area is 147 Å². The summed E-state index contributed by atoms with van der Waals surface area (Å²) in [6.45, 7) is 2.91. The summed E-state index contributed by atoms with van der Waals surface area (Å²) in [5.74, 6) is 0.167. The first-order valence-electron chi connectivity index (χ1n) is 7.24. The Morgan fingerprint density at radius 1 is 1.13 bits per heavy atom. The van der Waals surface area contributed by atoms with Gasteiger partial charge in [0.2, 0.25) is 15.9 Å². The van der Waals surface area contributed by atoms with Crippen LogP contribution >= 0.6 is 24.0 Å². The van der Waals surface area contributed by atoms with Gasteiger partial charge in [-0.2, -0.15) is 4.31 Å². The summed E-state index contributed by atoms with van der Waals surface area (Å²) >= 11 is 6.00. The lowest BCUT2D eigenvalue weighted by Crippen LogP contribution is -2.57. The van der Waals surface area contributed by atoms with E-state index in [2.05, 4.69) is 5.32 Å². The van der Waals surface area contributed by atoms with Crippen LogP contribution in [0.15, 0.2) is 29.2 Å². The molecule has 0 radical (unpaired) electrons. The predicted octanol–water partition coefficient (Wildman–Crippen LogP) is 0.814. The van der Waals surface area contributed by atoms with Gasteiger partial charge in [0.05, 0.1) is 10.9 Å². The van der Waals surface area contributed by atoms with Gasteiger partial charge in [0.15, 0.2) is 0 Å². The fraction of sp³-hybridized carbons (Fsp3) is 0.500. The minimum absolute atomic E-state index is 0. The van der Waals surface area contributed by atoms with Crippen molar-refractivity contribution in [3.05, 3.63) is 29.3 Å². The lowest BCUT2D eigenvalue weighted by molar-refractivity contribution is -0.138. The van der Waals surface area contributed by atoms with E-state index >= 15 is 0 Å². The summed E-state index contributed by atoms with van der Waals surface area (Å²) in [6, 6.07) is 6.43. The van der Waals surface area contributed by atoms with Gasteiger partial charge in [-0.05, 0) is 12.1 Å². The summed E-state index contributed by atoms with van der Waals surface area (Å²) in [4.78, 5) is 14.0. The first kappa shape index (κ1) is 18.5. The van der Waals surface area contributed by atoms with Gasteiger partial charge in [0, 0.05) is 39.3 Å². The van der Waals surface area contributed by atoms with E-state index < -0.39 is 10.0 Å². The SMILES string of the molecule is Cl.O=C(C1CNC1)N1CCN(S(=O)(=O)c2ccccc2Cl)CC1. The van der Waals surface area contributed by atoms with Crippen molar-refractivity contribution in [2.24, 2.45) is 5.92 Å². The van der Waals surface area contributed by atoms with Crippen molar-refractivity contribution in [3.63, 3.8) is 0 Å². The molecule has 2 aliphatic rings. The van der Waals surface area contributed by atoms with Crippen molar-refractivity contribution < 1.29 is 13.2 Å². The van der Waals surface area contributed by atoms with Crippen LogP contribution in [0.4, 0.5) is 0 Å². The van der Waals surface area contributed by atoms with Crippen LogP contribution in [-0.2, 0) is 14.8 Å². The summed E-state index contributed by atoms with van der Waals surface area (Å²) in [5, 5.41) is 3.30. The largest absolute Gasteiger partial charge is 0.340 e. The van der Waals surface area contributed by atoms with Crippen LogP contribution in [0.25, 0.3) is 0 Å². The van der Waals surface area contributed by atoms with Gasteiger partial charge < -0.3 is 10.2 Å². The zero-order valence-corrected chi connectivity index (χ0v) is 14.8. The molecule has 0 aliphatic carbocycles. The topological polar surface area (TPSA) is 69.7 Å². The number of hydrogen-bond acceptors (Lipinski definition) is 4. The molecule has 128 valence electrons. The number of amides is 1. The molecule has 2 aliphatic heterocycles. The third-order valence-corrected chi connectivity index (χ3v) is 6.53. The van der Waals surface area contributed by atoms with Crippen molar-refractivity contribution in [1.82, 2.24) is 14.5 Å². The second-order valence-corrected chi connectivity index (χ2v) is 7.83. The van der Waals surface area contributed by atoms with Gasteiger partial charge in [-0.1, -0.05) is 23.7 Å². The van der Waals surface area contributed by atoms with Crippen molar-refractivity contribution in [2.75, 3.05) is 39.3 Å². The quantitative estimate of drug-likeness (QED) is 0.843. The molecule has 9 heteroatoms. The number of rotatable bonds is 3. The molecule has 3 rings (SSSR count). The fourth-order valence-electron chi connectivity index (χ4n) is 2.66. The Morgan fingerprint density at radius 3 is 2.26 bits per heavy atom. The molecule has 6 nitrogen and oxygen atoms in total. The van der Waals surface area contributed by atoms with E-state index in [4.69, 9.17) is 11.6 Å². The van der Waals surface area contributed by atoms with E-state index in [1.165, 1.54) is 10.4 Å². The molecule has 2 heterocycles. The number of sulfonamides is 1. The molecule has 1 amide bonds. The van der Waals surface area contributed by atoms with Gasteiger partial charge in [-0.3, -0.25) is 4.79 Å². The van der Waals surface area contributed by atoms with Gasteiger partial charge >= 0.3 is 0 Å². The number of nitrogens with one attached hydrogen (secondary N) is 1. The second-order valence-electron chi connectivity index (χ2n) is 5.51. The summed E-state index contributed by atoms with van der Waals surface area (Å²) in [7, 11) is -3.60. The molecule has 23 heavy (non-hydrogen) atoms. The minimum Gasteiger partial charge on any atom is -0.340 e. The summed E-state index contributed by atoms with van der Waals surface area (Å²) < 4.78 is 26.6. The fourth-order valence-corrected chi connectivity index (χ4v) is 4.58. The standard InChI is InChI=1S/C14H18ClN3O3S.ClH/c15-12-3-1-2-4-13(12)22(20,21)18-7-5-17(6-8-18)14(19)11-9-16-10-11;/h1-4,11,16H,5-10H2;1H. The molecular formula is C14H19Cl2N3O3S. The van der Waals surface area contributed by atoms with Gasteiger partial charge in [-0.15, -0.1) is 12.4 Å². The zero-order chi connectivity index (χ0) is 15.7. The smallest absolute Gasteiger partial charge is 0.244 e. The van der Waals surface area contributed by atoms with Crippen LogP contribution in [0.2, 0.25) is 5.02 Å². The molecule has 0 unspecified atom stereocenters. The molecular weight excluding hydrogens is 361 g/mol. The van der Waals surface area contributed by atoms with Crippen LogP contribution < -0.4 is 5.32 Å². The van der Waals surface area contributed by atoms with Crippen LogP contribution in [0, 0.1) is 5.92 Å². The average Bonchev–Trinajstić information content (AvgIpc) is 2.46. The number of halogens is 2. The second kappa shape index (κ2) is 7.36. The molecule has 0 saturated carbocycles. The van der Waals surface area contributed by atoms with E-state index in [1.807, 2.05) is 0 Å². The normalized spacial score (nSPS) is 19.8. The molecule has 2 saturated heterocycles. The number of carbonyl (C=O) groups excluding carboxylic acids is 1. The lowest BCUT2D eigenvalue weighted by atomic mass is 10.0. The maximum atomic E-state index is 12.6. The van der Waals surface area contributed by atoms with Crippen molar-refractivity contribution in [2.45, 2.75) is 4.90 Å². The third-order valence-electron chi connectivity index (χ3n) is 4.14. The lowest BCUT2D eigenvalue weighted by Gasteiger charge is -2.38. The van der Waals surface area contributed by atoms with Gasteiger partial charge in [0.25, 0.3) is 0 Å². The highest BCUT2D eigenvalue weighted by Crippen LogP contribution is 2.25. The summed E-state index contributed by atoms with van der Waals surface area (Å²) in [5.41, 5.74) is 0. The molecule has 0 atom stereocenters. The maximum Gasteiger partial charge on any atom is 0.244 e. The number of piperazine rings is 1. The number of hydrogen-bond donors (Lipinski definition) is 1. The van der Waals surface area contributed by atoms with E-state index in [9.17, 15) is 13.2 Å². The Balaban J connectivity index is 0.00000192. The van der Waals surface area contributed by atoms with Crippen molar-refractivity contribution in [3.8, 4) is 0 Å². The average molecular weight is 380 g/mol. The summed E-state index contributed by atoms with van der Waals surface area (Å²) in [6.07, 6.45) is 0. The monoisotopic (exact) mass is 379 g/mol. The van der Waals surface area contributed by atoms with Gasteiger partial charge in [0.1, 0.15) is 4.90 Å². The highest BCUT2D eigenvalue weighted by molar-refractivity contribution is 7.89. The molecule has 1 N–H and O–H groups in total. The molecule has 0 aromatic heterocycles. The van der Waals surface area contributed by atoms with Crippen LogP contribution in [0.3, 0.4) is 0 Å². The Bertz CT molecular complexity index is 672. The number of carbonyl (C=O) groups is 1. The number of benzene rings is 1. The highest BCUT2D eigenvalue weighted by Gasteiger charge is 2.34. The highest BCUT2D eigenvalue weighted by atomic mass is 35.5. The van der Waals surface area contributed by atoms with Crippen LogP contribution in [0.5, 0.6) is 0 Å². The zero-order valence-electron chi connectivity index (χ0n) is 12.4. The van der Waals surface area contributed by atoms with E-state index in [1.54, 1.807) is 23.1 Å². The first-order valence-corrected chi connectivity index (χ1v) is 9.06. The van der Waals surface area contributed by atoms with Crippen LogP contribution in [0.1, 0.15) is 0 Å². The van der Waals surface area contributed by atoms with Crippen molar-refractivity contribution >= 4 is 39.9 Å². The van der Waals surface area contributed by atoms with Crippen LogP contribution in [-0.4, -0.2) is 62.8 Å². The van der Waals surface area contributed by atoms with E-state index in [0.29, 0.717) is 26.2 Å². The van der Waals surface area contributed by atoms with Gasteiger partial charge in [-0.25, -0.2) is 8.42 Å². The predicted molar refractivity (Wildman–Crippen MR) is 90.4 cm³/mol. The molecule has 1 aromatic rings. The molecule has 0 bridgehead atoms.